The summed E-state index contributed by atoms with van der Waals surface area (Å²) in [6, 6.07) is 9.51. The first-order valence-electron chi connectivity index (χ1n) is 6.89. The quantitative estimate of drug-likeness (QED) is 0.782. The molecule has 18 heavy (non-hydrogen) atoms. The molecule has 0 spiro atoms. The molecular formula is C16H27NS. The van der Waals surface area contributed by atoms with Gasteiger partial charge in [0.25, 0.3) is 0 Å². The van der Waals surface area contributed by atoms with Crippen LogP contribution >= 0.6 is 11.8 Å². The molecule has 1 N–H and O–H groups in total. The van der Waals surface area contributed by atoms with Crippen molar-refractivity contribution in [2.45, 2.75) is 51.3 Å². The molecule has 0 radical (unpaired) electrons. The van der Waals surface area contributed by atoms with Crippen molar-refractivity contribution in [1.82, 2.24) is 5.32 Å². The zero-order valence-corrected chi connectivity index (χ0v) is 13.2. The fourth-order valence-electron chi connectivity index (χ4n) is 1.92. The fourth-order valence-corrected chi connectivity index (χ4v) is 2.15. The Hall–Kier alpha value is -0.470. The van der Waals surface area contributed by atoms with Gasteiger partial charge in [0.2, 0.25) is 0 Å². The van der Waals surface area contributed by atoms with Gasteiger partial charge in [-0.3, -0.25) is 0 Å². The van der Waals surface area contributed by atoms with E-state index in [2.05, 4.69) is 63.5 Å². The standard InChI is InChI=1S/C16H27NS/c1-6-13-8-10-14(11-9-13)15(7-2)17-12-16(3,4)18-5/h8-11,15,17H,6-7,12H2,1-5H3. The van der Waals surface area contributed by atoms with Gasteiger partial charge in [-0.2, -0.15) is 11.8 Å². The molecule has 0 fully saturated rings. The molecule has 0 amide bonds. The molecule has 1 unspecified atom stereocenters. The zero-order valence-electron chi connectivity index (χ0n) is 12.4. The van der Waals surface area contributed by atoms with E-state index in [0.29, 0.717) is 10.8 Å². The van der Waals surface area contributed by atoms with E-state index in [1.165, 1.54) is 11.1 Å². The molecule has 0 saturated heterocycles. The summed E-state index contributed by atoms with van der Waals surface area (Å²) < 4.78 is 0.302. The van der Waals surface area contributed by atoms with E-state index in [9.17, 15) is 0 Å². The molecule has 0 aliphatic carbocycles. The maximum atomic E-state index is 3.69. The normalized spacial score (nSPS) is 13.6. The van der Waals surface area contributed by atoms with Crippen molar-refractivity contribution in [3.8, 4) is 0 Å². The number of thioether (sulfide) groups is 1. The van der Waals surface area contributed by atoms with Crippen LogP contribution in [0.25, 0.3) is 0 Å². The number of nitrogens with one attached hydrogen (secondary N) is 1. The third kappa shape index (κ3) is 4.66. The van der Waals surface area contributed by atoms with Crippen molar-refractivity contribution >= 4 is 11.8 Å². The predicted octanol–water partition coefficient (Wildman–Crippen LogP) is 4.43. The summed E-state index contributed by atoms with van der Waals surface area (Å²) in [4.78, 5) is 0. The van der Waals surface area contributed by atoms with Gasteiger partial charge in [-0.15, -0.1) is 0 Å². The molecular weight excluding hydrogens is 238 g/mol. The van der Waals surface area contributed by atoms with Crippen LogP contribution in [0.5, 0.6) is 0 Å². The fraction of sp³-hybridized carbons (Fsp3) is 0.625. The second-order valence-electron chi connectivity index (χ2n) is 5.40. The number of benzene rings is 1. The molecule has 1 atom stereocenters. The lowest BCUT2D eigenvalue weighted by atomic mass is 10.0. The van der Waals surface area contributed by atoms with Crippen molar-refractivity contribution in [2.24, 2.45) is 0 Å². The average Bonchev–Trinajstić information content (AvgIpc) is 2.40. The summed E-state index contributed by atoms with van der Waals surface area (Å²) in [6.07, 6.45) is 4.43. The number of hydrogen-bond acceptors (Lipinski definition) is 2. The second kappa shape index (κ2) is 7.20. The second-order valence-corrected chi connectivity index (χ2v) is 6.91. The first-order chi connectivity index (χ1) is 8.52. The molecule has 1 aromatic rings. The Morgan fingerprint density at radius 1 is 1.17 bits per heavy atom. The topological polar surface area (TPSA) is 12.0 Å². The lowest BCUT2D eigenvalue weighted by molar-refractivity contribution is 0.484. The van der Waals surface area contributed by atoms with Crippen molar-refractivity contribution in [2.75, 3.05) is 12.8 Å². The summed E-state index contributed by atoms with van der Waals surface area (Å²) in [5.41, 5.74) is 2.82. The van der Waals surface area contributed by atoms with Crippen LogP contribution in [0.4, 0.5) is 0 Å². The van der Waals surface area contributed by atoms with Gasteiger partial charge in [0.05, 0.1) is 0 Å². The number of rotatable bonds is 7. The highest BCUT2D eigenvalue weighted by atomic mass is 32.2. The zero-order chi connectivity index (χ0) is 13.6. The SMILES string of the molecule is CCc1ccc(C(CC)NCC(C)(C)SC)cc1. The van der Waals surface area contributed by atoms with Gasteiger partial charge in [0, 0.05) is 17.3 Å². The highest BCUT2D eigenvalue weighted by molar-refractivity contribution is 7.99. The van der Waals surface area contributed by atoms with Crippen LogP contribution in [0.1, 0.15) is 51.3 Å². The van der Waals surface area contributed by atoms with Gasteiger partial charge in [-0.25, -0.2) is 0 Å². The van der Waals surface area contributed by atoms with Crippen LogP contribution in [-0.4, -0.2) is 17.5 Å². The van der Waals surface area contributed by atoms with Crippen LogP contribution in [0.2, 0.25) is 0 Å². The smallest absolute Gasteiger partial charge is 0.0318 e. The Labute approximate surface area is 117 Å². The minimum Gasteiger partial charge on any atom is -0.309 e. The lowest BCUT2D eigenvalue weighted by Crippen LogP contribution is -2.34. The third-order valence-corrected chi connectivity index (χ3v) is 4.77. The molecule has 0 aromatic heterocycles. The van der Waals surface area contributed by atoms with Gasteiger partial charge in [-0.1, -0.05) is 38.1 Å². The van der Waals surface area contributed by atoms with Gasteiger partial charge >= 0.3 is 0 Å². The Bertz CT molecular complexity index is 343. The summed E-state index contributed by atoms with van der Waals surface area (Å²) in [5, 5.41) is 3.69. The maximum absolute atomic E-state index is 3.69. The van der Waals surface area contributed by atoms with Crippen molar-refractivity contribution in [3.63, 3.8) is 0 Å². The van der Waals surface area contributed by atoms with Crippen molar-refractivity contribution in [1.29, 1.82) is 0 Å². The Morgan fingerprint density at radius 3 is 2.22 bits per heavy atom. The van der Waals surface area contributed by atoms with Crippen LogP contribution in [-0.2, 0) is 6.42 Å². The maximum Gasteiger partial charge on any atom is 0.0318 e. The van der Waals surface area contributed by atoms with Gasteiger partial charge in [0.15, 0.2) is 0 Å². The van der Waals surface area contributed by atoms with E-state index in [-0.39, 0.29) is 0 Å². The molecule has 0 aliphatic heterocycles. The van der Waals surface area contributed by atoms with Gasteiger partial charge in [0.1, 0.15) is 0 Å². The molecule has 1 rings (SSSR count). The van der Waals surface area contributed by atoms with Crippen LogP contribution in [0.3, 0.4) is 0 Å². The van der Waals surface area contributed by atoms with E-state index in [1.807, 2.05) is 11.8 Å². The molecule has 1 nitrogen and oxygen atoms in total. The lowest BCUT2D eigenvalue weighted by Gasteiger charge is -2.26. The minimum absolute atomic E-state index is 0.302. The molecule has 0 saturated carbocycles. The first kappa shape index (κ1) is 15.6. The summed E-state index contributed by atoms with van der Waals surface area (Å²) >= 11 is 1.92. The third-order valence-electron chi connectivity index (χ3n) is 3.53. The largest absolute Gasteiger partial charge is 0.309 e. The summed E-state index contributed by atoms with van der Waals surface area (Å²) in [6.45, 7) is 10.1. The van der Waals surface area contributed by atoms with Gasteiger partial charge in [-0.05, 0) is 44.1 Å². The average molecular weight is 265 g/mol. The molecule has 1 aromatic carbocycles. The van der Waals surface area contributed by atoms with Crippen molar-refractivity contribution in [3.05, 3.63) is 35.4 Å². The Balaban J connectivity index is 2.65. The van der Waals surface area contributed by atoms with E-state index < -0.39 is 0 Å². The number of aryl methyl sites for hydroxylation is 1. The predicted molar refractivity (Wildman–Crippen MR) is 84.4 cm³/mol. The first-order valence-corrected chi connectivity index (χ1v) is 8.12. The Morgan fingerprint density at radius 2 is 1.78 bits per heavy atom. The van der Waals surface area contributed by atoms with Crippen molar-refractivity contribution < 1.29 is 0 Å². The van der Waals surface area contributed by atoms with Crippen LogP contribution in [0.15, 0.2) is 24.3 Å². The van der Waals surface area contributed by atoms with E-state index in [4.69, 9.17) is 0 Å². The highest BCUT2D eigenvalue weighted by Gasteiger charge is 2.18. The molecule has 2 heteroatoms. The Kier molecular flexibility index (Phi) is 6.24. The molecule has 0 heterocycles. The molecule has 0 bridgehead atoms. The molecule has 0 aliphatic rings. The summed E-state index contributed by atoms with van der Waals surface area (Å²) in [7, 11) is 0. The van der Waals surface area contributed by atoms with E-state index >= 15 is 0 Å². The van der Waals surface area contributed by atoms with Crippen LogP contribution in [0, 0.1) is 0 Å². The van der Waals surface area contributed by atoms with E-state index in [0.717, 1.165) is 19.4 Å². The molecule has 102 valence electrons. The van der Waals surface area contributed by atoms with E-state index in [1.54, 1.807) is 0 Å². The monoisotopic (exact) mass is 265 g/mol. The highest BCUT2D eigenvalue weighted by Crippen LogP contribution is 2.23. The van der Waals surface area contributed by atoms with Gasteiger partial charge < -0.3 is 5.32 Å². The van der Waals surface area contributed by atoms with Crippen LogP contribution < -0.4 is 5.32 Å². The minimum atomic E-state index is 0.302. The number of hydrogen-bond donors (Lipinski definition) is 1. The summed E-state index contributed by atoms with van der Waals surface area (Å²) in [5.74, 6) is 0.